The van der Waals surface area contributed by atoms with Crippen LogP contribution in [0.5, 0.6) is 5.75 Å². The van der Waals surface area contributed by atoms with E-state index in [2.05, 4.69) is 44.5 Å². The third-order valence-corrected chi connectivity index (χ3v) is 16.5. The molecule has 3 N–H and O–H groups in total. The Hall–Kier alpha value is -7.17. The van der Waals surface area contributed by atoms with Crippen LogP contribution in [0.15, 0.2) is 91.0 Å². The number of carbonyl (C=O) groups excluding carboxylic acids is 3. The van der Waals surface area contributed by atoms with Crippen molar-refractivity contribution in [2.75, 3.05) is 54.4 Å². The molecule has 3 fully saturated rings. The molecule has 376 valence electrons. The van der Waals surface area contributed by atoms with E-state index < -0.39 is 11.9 Å². The first-order valence-electron chi connectivity index (χ1n) is 25.7. The number of fused-ring (bicyclic) bond motifs is 3. The van der Waals surface area contributed by atoms with Crippen LogP contribution in [0.25, 0.3) is 32.2 Å². The predicted molar refractivity (Wildman–Crippen MR) is 285 cm³/mol. The molecule has 11 rings (SSSR count). The van der Waals surface area contributed by atoms with E-state index in [4.69, 9.17) is 14.8 Å². The van der Waals surface area contributed by atoms with Crippen molar-refractivity contribution < 1.29 is 29.0 Å². The van der Waals surface area contributed by atoms with Crippen LogP contribution in [-0.2, 0) is 29.6 Å². The summed E-state index contributed by atoms with van der Waals surface area (Å²) in [5, 5.41) is 22.4. The van der Waals surface area contributed by atoms with Crippen molar-refractivity contribution in [3.63, 3.8) is 0 Å². The highest BCUT2D eigenvalue weighted by Gasteiger charge is 2.34. The number of thiazole rings is 1. The summed E-state index contributed by atoms with van der Waals surface area (Å²) >= 11 is 1.44. The summed E-state index contributed by atoms with van der Waals surface area (Å²) in [6, 6.07) is 29.4. The predicted octanol–water partition coefficient (Wildman–Crippen LogP) is 9.37. The van der Waals surface area contributed by atoms with Gasteiger partial charge in [-0.05, 0) is 128 Å². The molecule has 2 saturated heterocycles. The summed E-state index contributed by atoms with van der Waals surface area (Å²) in [7, 11) is 1.94. The van der Waals surface area contributed by atoms with Gasteiger partial charge in [0.2, 0.25) is 11.8 Å². The summed E-state index contributed by atoms with van der Waals surface area (Å²) in [6.07, 6.45) is 6.95. The van der Waals surface area contributed by atoms with Crippen molar-refractivity contribution in [1.82, 2.24) is 30.0 Å². The summed E-state index contributed by atoms with van der Waals surface area (Å²) in [5.41, 5.74) is 8.49. The molecule has 7 aromatic rings. The minimum Gasteiger partial charge on any atom is -0.490 e. The molecule has 1 aliphatic carbocycles. The number of carboxylic acids is 1. The number of imide groups is 1. The largest absolute Gasteiger partial charge is 0.490 e. The molecule has 2 atom stereocenters. The van der Waals surface area contributed by atoms with Crippen molar-refractivity contribution in [3.05, 3.63) is 125 Å². The summed E-state index contributed by atoms with van der Waals surface area (Å²) in [4.78, 5) is 67.6. The third-order valence-electron chi connectivity index (χ3n) is 15.6. The van der Waals surface area contributed by atoms with E-state index in [0.29, 0.717) is 66.3 Å². The number of rotatable bonds is 13. The van der Waals surface area contributed by atoms with E-state index in [0.717, 1.165) is 119 Å². The van der Waals surface area contributed by atoms with E-state index >= 15 is 0 Å². The standard InChI is InChI=1S/C57H61N9O6S/c1-34(32-64-27-29-65(30-28-64)46-14-7-12-42-51(62-63(3)53(42)46)43-22-24-50(67)60-55(43)69)31-36-17-19-38(20-18-36)72-47-15-8-10-39(35(47)2)40-21-23-49(59-52(40)56(70)71)66-26-25-37-9-6-11-41(44(37)33-66)54(68)61-57-58-45-13-4-5-16-48(45)73-57/h4-16,21,23,34,36,38,43H,17-20,22,24-33H2,1-3H3,(H,70,71)(H,58,61,68)(H,60,67,69)/t34-,36-,38-,43?/m1/s1. The van der Waals surface area contributed by atoms with Crippen molar-refractivity contribution >= 4 is 72.8 Å². The lowest BCUT2D eigenvalue weighted by Gasteiger charge is -2.38. The number of hydrogen-bond donors (Lipinski definition) is 3. The van der Waals surface area contributed by atoms with Gasteiger partial charge in [-0.3, -0.25) is 34.6 Å². The van der Waals surface area contributed by atoms with Gasteiger partial charge in [-0.2, -0.15) is 5.10 Å². The molecule has 16 heteroatoms. The van der Waals surface area contributed by atoms with Gasteiger partial charge in [-0.25, -0.2) is 14.8 Å². The molecule has 0 spiro atoms. The number of hydrogen-bond acceptors (Lipinski definition) is 12. The highest BCUT2D eigenvalue weighted by atomic mass is 32.1. The first-order chi connectivity index (χ1) is 35.4. The molecule has 73 heavy (non-hydrogen) atoms. The number of piperazine rings is 1. The number of aromatic carboxylic acids is 1. The van der Waals surface area contributed by atoms with Gasteiger partial charge in [-0.15, -0.1) is 0 Å². The Morgan fingerprint density at radius 2 is 1.64 bits per heavy atom. The van der Waals surface area contributed by atoms with E-state index in [9.17, 15) is 24.3 Å². The van der Waals surface area contributed by atoms with Gasteiger partial charge >= 0.3 is 5.97 Å². The number of carboxylic acid groups (broad SMARTS) is 1. The monoisotopic (exact) mass is 999 g/mol. The first-order valence-corrected chi connectivity index (χ1v) is 26.6. The molecule has 1 unspecified atom stereocenters. The Kier molecular flexibility index (Phi) is 13.4. The Bertz CT molecular complexity index is 3230. The lowest BCUT2D eigenvalue weighted by molar-refractivity contribution is -0.134. The van der Waals surface area contributed by atoms with Gasteiger partial charge < -0.3 is 19.6 Å². The number of carbonyl (C=O) groups is 4. The van der Waals surface area contributed by atoms with Crippen LogP contribution in [0.4, 0.5) is 16.6 Å². The smallest absolute Gasteiger partial charge is 0.355 e. The maximum atomic E-state index is 13.7. The van der Waals surface area contributed by atoms with Gasteiger partial charge in [0.05, 0.1) is 39.1 Å². The second kappa shape index (κ2) is 20.4. The van der Waals surface area contributed by atoms with Gasteiger partial charge in [0, 0.05) is 75.8 Å². The Morgan fingerprint density at radius 1 is 0.849 bits per heavy atom. The van der Waals surface area contributed by atoms with Crippen LogP contribution in [0.1, 0.15) is 101 Å². The number of nitrogens with one attached hydrogen (secondary N) is 2. The molecular formula is C57H61N9O6S. The number of pyridine rings is 1. The van der Waals surface area contributed by atoms with Crippen LogP contribution in [0.3, 0.4) is 0 Å². The normalized spacial score (nSPS) is 20.0. The number of aromatic nitrogens is 4. The molecule has 0 radical (unpaired) electrons. The zero-order chi connectivity index (χ0) is 50.3. The first kappa shape index (κ1) is 48.1. The van der Waals surface area contributed by atoms with E-state index in [1.54, 1.807) is 0 Å². The highest BCUT2D eigenvalue weighted by Crippen LogP contribution is 2.39. The number of nitrogens with zero attached hydrogens (tertiary/aromatic N) is 7. The zero-order valence-electron chi connectivity index (χ0n) is 41.6. The number of amides is 3. The number of benzene rings is 4. The lowest BCUT2D eigenvalue weighted by Crippen LogP contribution is -2.47. The van der Waals surface area contributed by atoms with Crippen molar-refractivity contribution in [3.8, 4) is 16.9 Å². The fraction of sp³-hybridized carbons (Fsp3) is 0.386. The SMILES string of the molecule is Cc1c(O[C@H]2CC[C@H](C[C@@H](C)CN3CCN(c4cccc5c(C6CCC(=O)NC6=O)nn(C)c45)CC3)CC2)cccc1-c1ccc(N2CCc3cccc(C(=O)Nc4nc5ccccc5s4)c3C2)nc1C(=O)O. The molecule has 15 nitrogen and oxygen atoms in total. The van der Waals surface area contributed by atoms with Crippen LogP contribution in [0.2, 0.25) is 0 Å². The highest BCUT2D eigenvalue weighted by molar-refractivity contribution is 7.22. The van der Waals surface area contributed by atoms with Crippen molar-refractivity contribution in [2.45, 2.75) is 83.8 Å². The Morgan fingerprint density at radius 3 is 2.44 bits per heavy atom. The van der Waals surface area contributed by atoms with E-state index in [1.165, 1.54) is 17.8 Å². The van der Waals surface area contributed by atoms with Gasteiger partial charge in [0.1, 0.15) is 11.6 Å². The average molecular weight is 1000 g/mol. The molecule has 4 aliphatic rings. The van der Waals surface area contributed by atoms with Gasteiger partial charge in [0.25, 0.3) is 5.91 Å². The molecule has 6 heterocycles. The maximum Gasteiger partial charge on any atom is 0.355 e. The Labute approximate surface area is 428 Å². The summed E-state index contributed by atoms with van der Waals surface area (Å²) in [5.74, 6) is 0.299. The number of anilines is 3. The average Bonchev–Trinajstić information content (AvgIpc) is 3.97. The van der Waals surface area contributed by atoms with E-state index in [1.807, 2.05) is 102 Å². The number of para-hydroxylation sites is 2. The van der Waals surface area contributed by atoms with Gasteiger partial charge in [-0.1, -0.05) is 66.8 Å². The molecule has 3 aliphatic heterocycles. The molecular weight excluding hydrogens is 939 g/mol. The molecule has 0 bridgehead atoms. The minimum atomic E-state index is -1.10. The molecule has 3 aromatic heterocycles. The van der Waals surface area contributed by atoms with Crippen LogP contribution < -0.4 is 25.2 Å². The summed E-state index contributed by atoms with van der Waals surface area (Å²) < 4.78 is 9.62. The van der Waals surface area contributed by atoms with E-state index in [-0.39, 0.29) is 29.5 Å². The summed E-state index contributed by atoms with van der Waals surface area (Å²) in [6.45, 7) is 10.3. The Balaban J connectivity index is 0.681. The molecule has 4 aromatic carbocycles. The van der Waals surface area contributed by atoms with Crippen LogP contribution in [0, 0.1) is 18.8 Å². The van der Waals surface area contributed by atoms with Crippen LogP contribution >= 0.6 is 11.3 Å². The zero-order valence-corrected chi connectivity index (χ0v) is 42.4. The van der Waals surface area contributed by atoms with Gasteiger partial charge in [0.15, 0.2) is 10.8 Å². The minimum absolute atomic E-state index is 0.0219. The quantitative estimate of drug-likeness (QED) is 0.0936. The fourth-order valence-electron chi connectivity index (χ4n) is 11.8. The second-order valence-corrected chi connectivity index (χ2v) is 21.5. The molecule has 3 amide bonds. The number of aryl methyl sites for hydroxylation is 1. The van der Waals surface area contributed by atoms with Crippen molar-refractivity contribution in [2.24, 2.45) is 18.9 Å². The fourth-order valence-corrected chi connectivity index (χ4v) is 12.7. The van der Waals surface area contributed by atoms with Crippen molar-refractivity contribution in [1.29, 1.82) is 0 Å². The number of ether oxygens (including phenoxy) is 1. The third kappa shape index (κ3) is 9.89. The molecule has 1 saturated carbocycles. The maximum absolute atomic E-state index is 13.7. The second-order valence-electron chi connectivity index (χ2n) is 20.4. The topological polar surface area (TPSA) is 175 Å². The van der Waals surface area contributed by atoms with Crippen LogP contribution in [-0.4, -0.2) is 98.8 Å². The lowest BCUT2D eigenvalue weighted by atomic mass is 9.82. The number of piperidine rings is 1.